The van der Waals surface area contributed by atoms with Crippen molar-refractivity contribution in [3.05, 3.63) is 77.0 Å². The number of methoxy groups -OCH3 is 1. The van der Waals surface area contributed by atoms with Crippen LogP contribution in [0.25, 0.3) is 6.08 Å². The molecule has 0 atom stereocenters. The standard InChI is InChI=1S/C22H21ClN2O2S/c1-4-12-28-22-24-19(13-16-8-6-15(5-2)7-9-16)21(26)25(22)17-10-11-20(27-3)18(23)14-17/h4,6-11,13-14H,1,5,12H2,2-3H3. The number of aryl methyl sites for hydroxylation is 1. The minimum Gasteiger partial charge on any atom is -0.495 e. The molecule has 1 aliphatic rings. The van der Waals surface area contributed by atoms with E-state index in [0.717, 1.165) is 12.0 Å². The summed E-state index contributed by atoms with van der Waals surface area (Å²) < 4.78 is 5.20. The minimum absolute atomic E-state index is 0.188. The topological polar surface area (TPSA) is 41.9 Å². The Morgan fingerprint density at radius 1 is 1.25 bits per heavy atom. The number of anilines is 1. The van der Waals surface area contributed by atoms with Gasteiger partial charge in [-0.25, -0.2) is 4.99 Å². The van der Waals surface area contributed by atoms with Gasteiger partial charge >= 0.3 is 0 Å². The zero-order valence-electron chi connectivity index (χ0n) is 15.8. The largest absolute Gasteiger partial charge is 0.495 e. The Morgan fingerprint density at radius 2 is 2.00 bits per heavy atom. The number of halogens is 1. The van der Waals surface area contributed by atoms with Gasteiger partial charge in [0.2, 0.25) is 0 Å². The maximum Gasteiger partial charge on any atom is 0.283 e. The third kappa shape index (κ3) is 4.32. The van der Waals surface area contributed by atoms with Crippen LogP contribution in [0, 0.1) is 0 Å². The van der Waals surface area contributed by atoms with Crippen LogP contribution in [0.2, 0.25) is 5.02 Å². The Hall–Kier alpha value is -2.50. The van der Waals surface area contributed by atoms with E-state index >= 15 is 0 Å². The Kier molecular flexibility index (Phi) is 6.60. The fourth-order valence-electron chi connectivity index (χ4n) is 2.76. The van der Waals surface area contributed by atoms with Gasteiger partial charge in [-0.3, -0.25) is 9.69 Å². The van der Waals surface area contributed by atoms with E-state index in [-0.39, 0.29) is 5.91 Å². The summed E-state index contributed by atoms with van der Waals surface area (Å²) in [6.07, 6.45) is 4.56. The van der Waals surface area contributed by atoms with Crippen LogP contribution in [0.15, 0.2) is 65.8 Å². The molecule has 2 aromatic carbocycles. The van der Waals surface area contributed by atoms with Crippen molar-refractivity contribution in [2.75, 3.05) is 17.8 Å². The molecule has 0 fully saturated rings. The van der Waals surface area contributed by atoms with Crippen LogP contribution < -0.4 is 9.64 Å². The van der Waals surface area contributed by atoms with Crippen molar-refractivity contribution < 1.29 is 9.53 Å². The van der Waals surface area contributed by atoms with E-state index in [1.807, 2.05) is 12.1 Å². The summed E-state index contributed by atoms with van der Waals surface area (Å²) in [5.41, 5.74) is 3.23. The van der Waals surface area contributed by atoms with Crippen molar-refractivity contribution in [1.29, 1.82) is 0 Å². The SMILES string of the molecule is C=CCSC1=NC(=Cc2ccc(CC)cc2)C(=O)N1c1ccc(OC)c(Cl)c1. The molecule has 0 aromatic heterocycles. The number of ether oxygens (including phenoxy) is 1. The summed E-state index contributed by atoms with van der Waals surface area (Å²) in [6, 6.07) is 13.4. The van der Waals surface area contributed by atoms with Gasteiger partial charge in [-0.2, -0.15) is 0 Å². The molecule has 1 heterocycles. The summed E-state index contributed by atoms with van der Waals surface area (Å²) in [5, 5.41) is 1.04. The monoisotopic (exact) mass is 412 g/mol. The zero-order chi connectivity index (χ0) is 20.1. The van der Waals surface area contributed by atoms with Crippen LogP contribution >= 0.6 is 23.4 Å². The molecule has 3 rings (SSSR count). The average Bonchev–Trinajstić information content (AvgIpc) is 3.02. The summed E-state index contributed by atoms with van der Waals surface area (Å²) in [5.74, 6) is 1.01. The lowest BCUT2D eigenvalue weighted by atomic mass is 10.1. The number of thioether (sulfide) groups is 1. The molecule has 0 aliphatic carbocycles. The lowest BCUT2D eigenvalue weighted by Gasteiger charge is -2.18. The highest BCUT2D eigenvalue weighted by Crippen LogP contribution is 2.34. The third-order valence-electron chi connectivity index (χ3n) is 4.24. The van der Waals surface area contributed by atoms with Gasteiger partial charge in [-0.1, -0.05) is 60.6 Å². The van der Waals surface area contributed by atoms with E-state index in [0.29, 0.717) is 33.1 Å². The number of amides is 1. The van der Waals surface area contributed by atoms with Crippen molar-refractivity contribution >= 4 is 46.2 Å². The van der Waals surface area contributed by atoms with Gasteiger partial charge in [0.25, 0.3) is 5.91 Å². The lowest BCUT2D eigenvalue weighted by molar-refractivity contribution is -0.113. The third-order valence-corrected chi connectivity index (χ3v) is 5.47. The highest BCUT2D eigenvalue weighted by Gasteiger charge is 2.32. The predicted molar refractivity (Wildman–Crippen MR) is 119 cm³/mol. The Morgan fingerprint density at radius 3 is 2.61 bits per heavy atom. The highest BCUT2D eigenvalue weighted by atomic mass is 35.5. The number of nitrogens with zero attached hydrogens (tertiary/aromatic N) is 2. The quantitative estimate of drug-likeness (QED) is 0.459. The summed E-state index contributed by atoms with van der Waals surface area (Å²) in [6.45, 7) is 5.86. The normalized spacial score (nSPS) is 15.1. The molecule has 1 aliphatic heterocycles. The second kappa shape index (κ2) is 9.13. The Bertz CT molecular complexity index is 952. The molecule has 2 aromatic rings. The van der Waals surface area contributed by atoms with E-state index in [4.69, 9.17) is 16.3 Å². The van der Waals surface area contributed by atoms with E-state index in [1.165, 1.54) is 17.3 Å². The highest BCUT2D eigenvalue weighted by molar-refractivity contribution is 8.14. The molecule has 0 saturated heterocycles. The van der Waals surface area contributed by atoms with Crippen molar-refractivity contribution in [1.82, 2.24) is 0 Å². The zero-order valence-corrected chi connectivity index (χ0v) is 17.4. The number of aliphatic imine (C=N–C) groups is 1. The van der Waals surface area contributed by atoms with E-state index in [2.05, 4.69) is 30.6 Å². The Labute approximate surface area is 174 Å². The molecule has 0 saturated carbocycles. The predicted octanol–water partition coefficient (Wildman–Crippen LogP) is 5.57. The van der Waals surface area contributed by atoms with Gasteiger partial charge in [0, 0.05) is 5.75 Å². The van der Waals surface area contributed by atoms with E-state index in [1.54, 1.807) is 42.4 Å². The van der Waals surface area contributed by atoms with Crippen molar-refractivity contribution in [2.24, 2.45) is 4.99 Å². The van der Waals surface area contributed by atoms with Gasteiger partial charge < -0.3 is 4.74 Å². The molecule has 0 radical (unpaired) electrons. The van der Waals surface area contributed by atoms with Crippen LogP contribution in [0.4, 0.5) is 5.69 Å². The number of amidine groups is 1. The summed E-state index contributed by atoms with van der Waals surface area (Å²) >= 11 is 7.71. The van der Waals surface area contributed by atoms with Crippen molar-refractivity contribution in [3.63, 3.8) is 0 Å². The van der Waals surface area contributed by atoms with E-state index in [9.17, 15) is 4.79 Å². The first-order valence-electron chi connectivity index (χ1n) is 8.88. The molecule has 0 unspecified atom stereocenters. The smallest absolute Gasteiger partial charge is 0.283 e. The molecule has 28 heavy (non-hydrogen) atoms. The second-order valence-corrected chi connectivity index (χ2v) is 7.47. The number of carbonyl (C=O) groups is 1. The summed E-state index contributed by atoms with van der Waals surface area (Å²) in [7, 11) is 1.55. The number of hydrogen-bond donors (Lipinski definition) is 0. The van der Waals surface area contributed by atoms with Crippen molar-refractivity contribution in [2.45, 2.75) is 13.3 Å². The van der Waals surface area contributed by atoms with Gasteiger partial charge in [-0.05, 0) is 41.8 Å². The molecular formula is C22H21ClN2O2S. The van der Waals surface area contributed by atoms with Crippen LogP contribution in [-0.4, -0.2) is 23.9 Å². The molecule has 1 amide bonds. The van der Waals surface area contributed by atoms with Gasteiger partial charge in [0.1, 0.15) is 11.4 Å². The average molecular weight is 413 g/mol. The van der Waals surface area contributed by atoms with Crippen molar-refractivity contribution in [3.8, 4) is 5.75 Å². The first-order chi connectivity index (χ1) is 13.6. The molecule has 0 spiro atoms. The van der Waals surface area contributed by atoms with Crippen LogP contribution in [0.1, 0.15) is 18.1 Å². The maximum atomic E-state index is 13.1. The molecule has 144 valence electrons. The number of rotatable bonds is 6. The molecular weight excluding hydrogens is 392 g/mol. The molecule has 0 N–H and O–H groups in total. The lowest BCUT2D eigenvalue weighted by Crippen LogP contribution is -2.30. The fraction of sp³-hybridized carbons (Fsp3) is 0.182. The van der Waals surface area contributed by atoms with Crippen LogP contribution in [0.3, 0.4) is 0 Å². The second-order valence-electron chi connectivity index (χ2n) is 6.08. The number of hydrogen-bond acceptors (Lipinski definition) is 4. The van der Waals surface area contributed by atoms with Gasteiger partial charge in [0.05, 0.1) is 17.8 Å². The maximum absolute atomic E-state index is 13.1. The molecule has 0 bridgehead atoms. The minimum atomic E-state index is -0.188. The number of benzene rings is 2. The molecule has 6 heteroatoms. The van der Waals surface area contributed by atoms with Crippen LogP contribution in [-0.2, 0) is 11.2 Å². The first-order valence-corrected chi connectivity index (χ1v) is 10.2. The first kappa shape index (κ1) is 20.2. The van der Waals surface area contributed by atoms with Crippen LogP contribution in [0.5, 0.6) is 5.75 Å². The number of carbonyl (C=O) groups excluding carboxylic acids is 1. The van der Waals surface area contributed by atoms with Gasteiger partial charge in [-0.15, -0.1) is 6.58 Å². The summed E-state index contributed by atoms with van der Waals surface area (Å²) in [4.78, 5) is 19.2. The Balaban J connectivity index is 1.96. The van der Waals surface area contributed by atoms with Gasteiger partial charge in [0.15, 0.2) is 5.17 Å². The van der Waals surface area contributed by atoms with E-state index < -0.39 is 0 Å². The molecule has 4 nitrogen and oxygen atoms in total. The fourth-order valence-corrected chi connectivity index (χ4v) is 3.76.